The molecule has 35 heavy (non-hydrogen) atoms. The molecule has 2 amide bonds. The molecule has 0 spiro atoms. The van der Waals surface area contributed by atoms with E-state index in [0.717, 1.165) is 11.3 Å². The highest BCUT2D eigenvalue weighted by Crippen LogP contribution is 2.33. The van der Waals surface area contributed by atoms with Gasteiger partial charge in [0.1, 0.15) is 5.69 Å². The summed E-state index contributed by atoms with van der Waals surface area (Å²) >= 11 is 5.89. The molecule has 4 rings (SSSR count). The molecule has 1 aromatic heterocycles. The molecule has 0 aliphatic heterocycles. The Hall–Kier alpha value is -4.30. The van der Waals surface area contributed by atoms with E-state index in [-0.39, 0.29) is 17.9 Å². The van der Waals surface area contributed by atoms with Gasteiger partial charge in [0.2, 0.25) is 5.91 Å². The summed E-state index contributed by atoms with van der Waals surface area (Å²) in [5, 5.41) is 5.22. The summed E-state index contributed by atoms with van der Waals surface area (Å²) in [4.78, 5) is 25.5. The van der Waals surface area contributed by atoms with Crippen LogP contribution in [0.2, 0.25) is 5.02 Å². The van der Waals surface area contributed by atoms with Crippen molar-refractivity contribution < 1.29 is 19.1 Å². The molecule has 3 aromatic carbocycles. The van der Waals surface area contributed by atoms with E-state index >= 15 is 0 Å². The fraction of sp³-hybridized carbons (Fsp3) is 0.115. The van der Waals surface area contributed by atoms with Gasteiger partial charge >= 0.3 is 0 Å². The van der Waals surface area contributed by atoms with E-state index < -0.39 is 5.91 Å². The predicted octanol–water partition coefficient (Wildman–Crippen LogP) is 4.21. The Balaban J connectivity index is 1.60. The number of hydrogen-bond acceptors (Lipinski definition) is 5. The highest BCUT2D eigenvalue weighted by molar-refractivity contribution is 6.30. The van der Waals surface area contributed by atoms with Crippen molar-refractivity contribution in [2.75, 3.05) is 14.2 Å². The lowest BCUT2D eigenvalue weighted by molar-refractivity contribution is -0.121. The Labute approximate surface area is 207 Å². The molecule has 0 aliphatic carbocycles. The summed E-state index contributed by atoms with van der Waals surface area (Å²) < 4.78 is 12.3. The minimum atomic E-state index is -0.513. The van der Waals surface area contributed by atoms with Gasteiger partial charge in [-0.3, -0.25) is 20.4 Å². The molecule has 0 radical (unpaired) electrons. The second kappa shape index (κ2) is 10.8. The van der Waals surface area contributed by atoms with Crippen molar-refractivity contribution in [3.05, 3.63) is 95.1 Å². The lowest BCUT2D eigenvalue weighted by Crippen LogP contribution is -2.42. The first-order valence-corrected chi connectivity index (χ1v) is 11.1. The van der Waals surface area contributed by atoms with Crippen LogP contribution in [0.15, 0.2) is 79.0 Å². The Morgan fingerprint density at radius 3 is 2.31 bits per heavy atom. The number of carbonyl (C=O) groups excluding carboxylic acids is 2. The maximum absolute atomic E-state index is 13.1. The molecule has 0 atom stereocenters. The van der Waals surface area contributed by atoms with Gasteiger partial charge in [0.25, 0.3) is 5.91 Å². The van der Waals surface area contributed by atoms with Crippen LogP contribution in [-0.4, -0.2) is 35.8 Å². The number of benzene rings is 3. The Kier molecular flexibility index (Phi) is 7.32. The van der Waals surface area contributed by atoms with Crippen LogP contribution >= 0.6 is 11.6 Å². The topological polar surface area (TPSA) is 94.5 Å². The first-order chi connectivity index (χ1) is 17.0. The summed E-state index contributed by atoms with van der Waals surface area (Å²) in [6.45, 7) is 0. The standard InChI is InChI=1S/C26H23ClN4O4/c1-34-22-13-10-18(15-23(22)35-2)25-21(16-31(30-25)20-6-4-3-5-7-20)26(33)29-28-24(32)14-17-8-11-19(27)12-9-17/h3-13,15-16H,14H2,1-2H3,(H,28,32)(H,29,33). The summed E-state index contributed by atoms with van der Waals surface area (Å²) in [5.74, 6) is 0.173. The number of nitrogens with zero attached hydrogens (tertiary/aromatic N) is 2. The van der Waals surface area contributed by atoms with Crippen LogP contribution in [0.25, 0.3) is 16.9 Å². The van der Waals surface area contributed by atoms with Crippen LogP contribution in [-0.2, 0) is 11.2 Å². The largest absolute Gasteiger partial charge is 0.493 e. The number of para-hydroxylation sites is 1. The monoisotopic (exact) mass is 490 g/mol. The van der Waals surface area contributed by atoms with Crippen LogP contribution in [0.3, 0.4) is 0 Å². The van der Waals surface area contributed by atoms with Crippen molar-refractivity contribution >= 4 is 23.4 Å². The Morgan fingerprint density at radius 1 is 0.914 bits per heavy atom. The molecule has 0 saturated carbocycles. The number of methoxy groups -OCH3 is 2. The lowest BCUT2D eigenvalue weighted by atomic mass is 10.1. The van der Waals surface area contributed by atoms with Crippen LogP contribution in [0.5, 0.6) is 11.5 Å². The number of hydrazine groups is 1. The van der Waals surface area contributed by atoms with Crippen LogP contribution in [0.4, 0.5) is 0 Å². The maximum Gasteiger partial charge on any atom is 0.273 e. The molecular weight excluding hydrogens is 468 g/mol. The molecule has 0 bridgehead atoms. The van der Waals surface area contributed by atoms with Gasteiger partial charge in [-0.2, -0.15) is 5.10 Å². The molecule has 0 saturated heterocycles. The average molecular weight is 491 g/mol. The highest BCUT2D eigenvalue weighted by Gasteiger charge is 2.20. The van der Waals surface area contributed by atoms with Gasteiger partial charge < -0.3 is 9.47 Å². The molecule has 9 heteroatoms. The molecule has 178 valence electrons. The lowest BCUT2D eigenvalue weighted by Gasteiger charge is -2.10. The number of ether oxygens (including phenoxy) is 2. The molecule has 4 aromatic rings. The van der Waals surface area contributed by atoms with Gasteiger partial charge in [-0.1, -0.05) is 41.9 Å². The van der Waals surface area contributed by atoms with E-state index in [2.05, 4.69) is 16.0 Å². The SMILES string of the molecule is COc1ccc(-c2nn(-c3ccccc3)cc2C(=O)NNC(=O)Cc2ccc(Cl)cc2)cc1OC. The summed E-state index contributed by atoms with van der Waals surface area (Å²) in [7, 11) is 3.08. The van der Waals surface area contributed by atoms with Crippen LogP contribution < -0.4 is 20.3 Å². The second-order valence-corrected chi connectivity index (χ2v) is 7.98. The van der Waals surface area contributed by atoms with Crippen molar-refractivity contribution in [3.63, 3.8) is 0 Å². The number of rotatable bonds is 7. The molecule has 0 fully saturated rings. The fourth-order valence-electron chi connectivity index (χ4n) is 3.48. The van der Waals surface area contributed by atoms with Gasteiger partial charge in [-0.15, -0.1) is 0 Å². The fourth-order valence-corrected chi connectivity index (χ4v) is 3.60. The average Bonchev–Trinajstić information content (AvgIpc) is 3.34. The van der Waals surface area contributed by atoms with Gasteiger partial charge in [0.05, 0.1) is 31.9 Å². The summed E-state index contributed by atoms with van der Waals surface area (Å²) in [6.07, 6.45) is 1.70. The van der Waals surface area contributed by atoms with Crippen molar-refractivity contribution in [2.45, 2.75) is 6.42 Å². The molecule has 1 heterocycles. The zero-order chi connectivity index (χ0) is 24.8. The minimum absolute atomic E-state index is 0.0866. The number of hydrogen-bond donors (Lipinski definition) is 2. The van der Waals surface area contributed by atoms with E-state index in [4.69, 9.17) is 21.1 Å². The van der Waals surface area contributed by atoms with Crippen LogP contribution in [0.1, 0.15) is 15.9 Å². The normalized spacial score (nSPS) is 10.5. The summed E-state index contributed by atoms with van der Waals surface area (Å²) in [5.41, 5.74) is 7.82. The van der Waals surface area contributed by atoms with E-state index in [1.165, 1.54) is 7.11 Å². The highest BCUT2D eigenvalue weighted by atomic mass is 35.5. The smallest absolute Gasteiger partial charge is 0.273 e. The first-order valence-electron chi connectivity index (χ1n) is 10.7. The van der Waals surface area contributed by atoms with Crippen molar-refractivity contribution in [1.29, 1.82) is 0 Å². The third-order valence-electron chi connectivity index (χ3n) is 5.23. The zero-order valence-electron chi connectivity index (χ0n) is 19.1. The van der Waals surface area contributed by atoms with E-state index in [9.17, 15) is 9.59 Å². The molecule has 0 aliphatic rings. The number of amides is 2. The second-order valence-electron chi connectivity index (χ2n) is 7.55. The molecule has 0 unspecified atom stereocenters. The van der Waals surface area contributed by atoms with Crippen molar-refractivity contribution in [1.82, 2.24) is 20.6 Å². The third-order valence-corrected chi connectivity index (χ3v) is 5.48. The van der Waals surface area contributed by atoms with Gasteiger partial charge in [0, 0.05) is 16.8 Å². The zero-order valence-corrected chi connectivity index (χ0v) is 19.9. The van der Waals surface area contributed by atoms with Gasteiger partial charge in [-0.05, 0) is 48.0 Å². The van der Waals surface area contributed by atoms with Crippen LogP contribution in [0, 0.1) is 0 Å². The number of halogens is 1. The third kappa shape index (κ3) is 5.62. The molecular formula is C26H23ClN4O4. The van der Waals surface area contributed by atoms with E-state index in [1.807, 2.05) is 30.3 Å². The quantitative estimate of drug-likeness (QED) is 0.378. The minimum Gasteiger partial charge on any atom is -0.493 e. The van der Waals surface area contributed by atoms with Crippen molar-refractivity contribution in [3.8, 4) is 28.4 Å². The number of aromatic nitrogens is 2. The number of carbonyl (C=O) groups is 2. The van der Waals surface area contributed by atoms with E-state index in [1.54, 1.807) is 60.5 Å². The predicted molar refractivity (Wildman–Crippen MR) is 133 cm³/mol. The van der Waals surface area contributed by atoms with Crippen molar-refractivity contribution in [2.24, 2.45) is 0 Å². The van der Waals surface area contributed by atoms with E-state index in [0.29, 0.717) is 27.8 Å². The first kappa shape index (κ1) is 23.8. The maximum atomic E-state index is 13.1. The van der Waals surface area contributed by atoms with Gasteiger partial charge in [0.15, 0.2) is 11.5 Å². The molecule has 2 N–H and O–H groups in total. The van der Waals surface area contributed by atoms with Gasteiger partial charge in [-0.25, -0.2) is 4.68 Å². The summed E-state index contributed by atoms with van der Waals surface area (Å²) in [6, 6.07) is 21.6. The Bertz CT molecular complexity index is 1340. The number of nitrogens with one attached hydrogen (secondary N) is 2. The molecule has 8 nitrogen and oxygen atoms in total. The Morgan fingerprint density at radius 2 is 1.63 bits per heavy atom.